The second-order valence-electron chi connectivity index (χ2n) is 3.15. The highest BCUT2D eigenvalue weighted by atomic mass is 16.5. The van der Waals surface area contributed by atoms with Gasteiger partial charge in [0, 0.05) is 12.7 Å². The van der Waals surface area contributed by atoms with Crippen molar-refractivity contribution in [2.24, 2.45) is 0 Å². The Morgan fingerprint density at radius 2 is 2.33 bits per heavy atom. The van der Waals surface area contributed by atoms with Gasteiger partial charge in [0.15, 0.2) is 0 Å². The number of anilines is 2. The van der Waals surface area contributed by atoms with E-state index in [1.807, 2.05) is 13.0 Å². The van der Waals surface area contributed by atoms with Crippen LogP contribution >= 0.6 is 0 Å². The molecule has 0 aliphatic carbocycles. The lowest BCUT2D eigenvalue weighted by Gasteiger charge is -2.09. The molecule has 0 bridgehead atoms. The van der Waals surface area contributed by atoms with Gasteiger partial charge in [-0.3, -0.25) is 0 Å². The first kappa shape index (κ1) is 11.7. The highest BCUT2D eigenvalue weighted by molar-refractivity contribution is 5.64. The lowest BCUT2D eigenvalue weighted by molar-refractivity contribution is 0.0992. The summed E-state index contributed by atoms with van der Waals surface area (Å²) in [4.78, 5) is 4.12. The summed E-state index contributed by atoms with van der Waals surface area (Å²) in [6, 6.07) is 1.86. The van der Waals surface area contributed by atoms with Crippen molar-refractivity contribution in [3.8, 4) is 0 Å². The van der Waals surface area contributed by atoms with Crippen LogP contribution in [0.3, 0.4) is 0 Å². The first-order valence-electron chi connectivity index (χ1n) is 4.89. The molecule has 1 rings (SSSR count). The summed E-state index contributed by atoms with van der Waals surface area (Å²) in [7, 11) is 0. The minimum Gasteiger partial charge on any atom is -0.396 e. The first-order chi connectivity index (χ1) is 7.25. The van der Waals surface area contributed by atoms with Crippen LogP contribution in [0.25, 0.3) is 0 Å². The molecule has 0 aliphatic heterocycles. The van der Waals surface area contributed by atoms with E-state index in [1.54, 1.807) is 6.20 Å². The van der Waals surface area contributed by atoms with Gasteiger partial charge in [0.05, 0.1) is 25.5 Å². The maximum Gasteiger partial charge on any atom is 0.149 e. The monoisotopic (exact) mass is 211 g/mol. The molecule has 0 fully saturated rings. The zero-order valence-electron chi connectivity index (χ0n) is 8.86. The molecule has 1 aromatic rings. The van der Waals surface area contributed by atoms with Crippen LogP contribution in [-0.4, -0.2) is 36.5 Å². The Hall–Kier alpha value is -1.33. The fourth-order valence-electron chi connectivity index (χ4n) is 1.12. The smallest absolute Gasteiger partial charge is 0.149 e. The van der Waals surface area contributed by atoms with Gasteiger partial charge in [-0.05, 0) is 18.6 Å². The van der Waals surface area contributed by atoms with Crippen molar-refractivity contribution >= 4 is 11.5 Å². The topological polar surface area (TPSA) is 80.4 Å². The number of aryl methyl sites for hydroxylation is 1. The maximum atomic E-state index is 8.49. The van der Waals surface area contributed by atoms with Crippen LogP contribution in [-0.2, 0) is 4.74 Å². The van der Waals surface area contributed by atoms with Crippen molar-refractivity contribution in [1.29, 1.82) is 0 Å². The van der Waals surface area contributed by atoms with Gasteiger partial charge in [0.2, 0.25) is 0 Å². The van der Waals surface area contributed by atoms with Gasteiger partial charge < -0.3 is 20.9 Å². The van der Waals surface area contributed by atoms with E-state index >= 15 is 0 Å². The van der Waals surface area contributed by atoms with Crippen molar-refractivity contribution in [2.45, 2.75) is 6.92 Å². The lowest BCUT2D eigenvalue weighted by atomic mass is 10.2. The third-order valence-electron chi connectivity index (χ3n) is 1.98. The zero-order valence-corrected chi connectivity index (χ0v) is 8.86. The van der Waals surface area contributed by atoms with Crippen molar-refractivity contribution < 1.29 is 9.84 Å². The van der Waals surface area contributed by atoms with E-state index in [4.69, 9.17) is 15.6 Å². The van der Waals surface area contributed by atoms with Gasteiger partial charge >= 0.3 is 0 Å². The second kappa shape index (κ2) is 6.21. The first-order valence-corrected chi connectivity index (χ1v) is 4.89. The summed E-state index contributed by atoms with van der Waals surface area (Å²) < 4.78 is 5.09. The molecule has 5 heteroatoms. The summed E-state index contributed by atoms with van der Waals surface area (Å²) in [5.74, 6) is 0.683. The summed E-state index contributed by atoms with van der Waals surface area (Å²) in [6.07, 6.45) is 1.71. The van der Waals surface area contributed by atoms with Gasteiger partial charge in [-0.2, -0.15) is 0 Å². The molecule has 0 unspecified atom stereocenters. The van der Waals surface area contributed by atoms with Gasteiger partial charge in [-0.1, -0.05) is 0 Å². The molecule has 1 aromatic heterocycles. The molecule has 0 atom stereocenters. The number of aromatic nitrogens is 1. The summed E-state index contributed by atoms with van der Waals surface area (Å²) in [5.41, 5.74) is 7.49. The Bertz CT molecular complexity index is 305. The lowest BCUT2D eigenvalue weighted by Crippen LogP contribution is -2.13. The molecule has 0 amide bonds. The van der Waals surface area contributed by atoms with E-state index < -0.39 is 0 Å². The van der Waals surface area contributed by atoms with E-state index in [9.17, 15) is 0 Å². The molecule has 0 saturated carbocycles. The Kier molecular flexibility index (Phi) is 4.86. The number of nitrogens with zero attached hydrogens (tertiary/aromatic N) is 1. The molecular weight excluding hydrogens is 194 g/mol. The van der Waals surface area contributed by atoms with Crippen molar-refractivity contribution in [3.05, 3.63) is 17.8 Å². The summed E-state index contributed by atoms with van der Waals surface area (Å²) >= 11 is 0. The van der Waals surface area contributed by atoms with Crippen LogP contribution in [0.15, 0.2) is 12.3 Å². The van der Waals surface area contributed by atoms with E-state index in [2.05, 4.69) is 10.3 Å². The third-order valence-corrected chi connectivity index (χ3v) is 1.98. The van der Waals surface area contributed by atoms with Gasteiger partial charge in [0.1, 0.15) is 5.82 Å². The zero-order chi connectivity index (χ0) is 11.1. The molecule has 15 heavy (non-hydrogen) atoms. The highest BCUT2D eigenvalue weighted by Crippen LogP contribution is 2.17. The molecule has 84 valence electrons. The Morgan fingerprint density at radius 3 is 3.07 bits per heavy atom. The number of nitrogens with two attached hydrogens (primary N) is 1. The molecule has 0 radical (unpaired) electrons. The fraction of sp³-hybridized carbons (Fsp3) is 0.500. The van der Waals surface area contributed by atoms with Gasteiger partial charge in [0.25, 0.3) is 0 Å². The number of ether oxygens (including phenoxy) is 1. The van der Waals surface area contributed by atoms with Crippen LogP contribution in [0, 0.1) is 6.92 Å². The SMILES string of the molecule is Cc1ccnc(NCCOCCO)c1N. The van der Waals surface area contributed by atoms with Crippen LogP contribution in [0.2, 0.25) is 0 Å². The Balaban J connectivity index is 2.34. The van der Waals surface area contributed by atoms with E-state index in [0.29, 0.717) is 31.3 Å². The standard InChI is InChI=1S/C10H17N3O2/c1-8-2-3-12-10(9(8)11)13-4-6-15-7-5-14/h2-3,14H,4-7,11H2,1H3,(H,12,13). The van der Waals surface area contributed by atoms with E-state index in [-0.39, 0.29) is 6.61 Å². The maximum absolute atomic E-state index is 8.49. The average Bonchev–Trinajstić information content (AvgIpc) is 2.24. The van der Waals surface area contributed by atoms with Crippen molar-refractivity contribution in [1.82, 2.24) is 4.98 Å². The minimum atomic E-state index is 0.0465. The largest absolute Gasteiger partial charge is 0.396 e. The molecule has 0 spiro atoms. The normalized spacial score (nSPS) is 10.3. The predicted molar refractivity (Wildman–Crippen MR) is 59.8 cm³/mol. The Labute approximate surface area is 89.3 Å². The summed E-state index contributed by atoms with van der Waals surface area (Å²) in [5, 5.41) is 11.6. The number of aliphatic hydroxyl groups excluding tert-OH is 1. The quantitative estimate of drug-likeness (QED) is 0.593. The van der Waals surface area contributed by atoms with Crippen LogP contribution in [0.4, 0.5) is 11.5 Å². The van der Waals surface area contributed by atoms with E-state index in [0.717, 1.165) is 5.56 Å². The number of hydrogen-bond donors (Lipinski definition) is 3. The second-order valence-corrected chi connectivity index (χ2v) is 3.15. The molecular formula is C10H17N3O2. The number of hydrogen-bond acceptors (Lipinski definition) is 5. The van der Waals surface area contributed by atoms with Crippen molar-refractivity contribution in [3.63, 3.8) is 0 Å². The van der Waals surface area contributed by atoms with Gasteiger partial charge in [-0.15, -0.1) is 0 Å². The van der Waals surface area contributed by atoms with Crippen LogP contribution < -0.4 is 11.1 Å². The summed E-state index contributed by atoms with van der Waals surface area (Å²) in [6.45, 7) is 3.49. The number of aliphatic hydroxyl groups is 1. The third kappa shape index (κ3) is 3.73. The number of pyridine rings is 1. The molecule has 5 nitrogen and oxygen atoms in total. The van der Waals surface area contributed by atoms with Gasteiger partial charge in [-0.25, -0.2) is 4.98 Å². The number of rotatable bonds is 6. The molecule has 4 N–H and O–H groups in total. The number of nitrogens with one attached hydrogen (secondary N) is 1. The van der Waals surface area contributed by atoms with Crippen molar-refractivity contribution in [2.75, 3.05) is 37.4 Å². The molecule has 1 heterocycles. The molecule has 0 aliphatic rings. The number of nitrogen functional groups attached to an aromatic ring is 1. The average molecular weight is 211 g/mol. The molecule has 0 aromatic carbocycles. The molecule has 0 saturated heterocycles. The van der Waals surface area contributed by atoms with E-state index in [1.165, 1.54) is 0 Å². The Morgan fingerprint density at radius 1 is 1.53 bits per heavy atom. The predicted octanol–water partition coefficient (Wildman–Crippen LogP) is 0.393. The van der Waals surface area contributed by atoms with Crippen LogP contribution in [0.1, 0.15) is 5.56 Å². The van der Waals surface area contributed by atoms with Crippen LogP contribution in [0.5, 0.6) is 0 Å². The highest BCUT2D eigenvalue weighted by Gasteiger charge is 2.01. The fourth-order valence-corrected chi connectivity index (χ4v) is 1.12. The minimum absolute atomic E-state index is 0.0465.